The van der Waals surface area contributed by atoms with Gasteiger partial charge in [0.25, 0.3) is 0 Å². The second-order valence-corrected chi connectivity index (χ2v) is 1.21. The Hall–Kier alpha value is -0.334. The van der Waals surface area contributed by atoms with Gasteiger partial charge < -0.3 is 24.9 Å². The topological polar surface area (TPSA) is 103 Å². The molecule has 0 heterocycles. The summed E-state index contributed by atoms with van der Waals surface area (Å²) in [6.45, 7) is 1.57. The molecule has 0 spiro atoms. The van der Waals surface area contributed by atoms with Crippen LogP contribution in [0.1, 0.15) is 13.3 Å². The van der Waals surface area contributed by atoms with Gasteiger partial charge in [-0.05, 0) is 0 Å². The second kappa shape index (κ2) is 12.4. The van der Waals surface area contributed by atoms with Crippen LogP contribution in [0.15, 0.2) is 0 Å². The van der Waals surface area contributed by atoms with Gasteiger partial charge in [-0.1, -0.05) is 6.92 Å². The summed E-state index contributed by atoms with van der Waals surface area (Å²) in [4.78, 5) is 18.6. The van der Waals surface area contributed by atoms with Crippen LogP contribution in [0.25, 0.3) is 0 Å². The first-order valence-electron chi connectivity index (χ1n) is 2.52. The van der Waals surface area contributed by atoms with Gasteiger partial charge in [0.15, 0.2) is 0 Å². The molecule has 0 bridgehead atoms. The first-order chi connectivity index (χ1) is 4.54. The van der Waals surface area contributed by atoms with Gasteiger partial charge in [-0.3, -0.25) is 0 Å². The van der Waals surface area contributed by atoms with Crippen molar-refractivity contribution in [2.24, 2.45) is 0 Å². The van der Waals surface area contributed by atoms with E-state index in [2.05, 4.69) is 0 Å². The molecule has 6 heteroatoms. The summed E-state index contributed by atoms with van der Waals surface area (Å²) in [5.41, 5.74) is 0. The van der Waals surface area contributed by atoms with Crippen LogP contribution in [0.3, 0.4) is 0 Å². The molecular formula is C5H7MgO5-. The number of carboxylic acids is 2. The summed E-state index contributed by atoms with van der Waals surface area (Å²) >= 11 is 0. The molecule has 0 rings (SSSR count). The zero-order chi connectivity index (χ0) is 8.57. The number of hydrogen-bond donors (Lipinski definition) is 0. The minimum Gasteiger partial charge on any atom is -0.855 e. The average Bonchev–Trinajstić information content (AvgIpc) is 1.62. The minimum absolute atomic E-state index is 0. The molecule has 0 fully saturated rings. The third-order valence-corrected chi connectivity index (χ3v) is 0.289. The first-order valence-corrected chi connectivity index (χ1v) is 2.52. The zero-order valence-electron chi connectivity index (χ0n) is 6.16. The summed E-state index contributed by atoms with van der Waals surface area (Å²) < 4.78 is 0. The van der Waals surface area contributed by atoms with E-state index < -0.39 is 18.4 Å². The van der Waals surface area contributed by atoms with Gasteiger partial charge in [-0.2, -0.15) is 0 Å². The van der Waals surface area contributed by atoms with E-state index in [4.69, 9.17) is 5.11 Å². The molecule has 11 heavy (non-hydrogen) atoms. The molecule has 0 saturated carbocycles. The molecule has 0 atom stereocenters. The Morgan fingerprint density at radius 3 is 1.36 bits per heavy atom. The zero-order valence-corrected chi connectivity index (χ0v) is 7.58. The van der Waals surface area contributed by atoms with E-state index in [-0.39, 0.29) is 29.7 Å². The Labute approximate surface area is 80.2 Å². The van der Waals surface area contributed by atoms with Crippen LogP contribution >= 0.6 is 0 Å². The van der Waals surface area contributed by atoms with E-state index in [0.717, 1.165) is 0 Å². The van der Waals surface area contributed by atoms with Gasteiger partial charge in [0.1, 0.15) is 0 Å². The molecule has 0 aliphatic carbocycles. The normalized spacial score (nSPS) is 6.73. The second-order valence-electron chi connectivity index (χ2n) is 1.21. The SMILES string of the molecule is CC[O-].O=C([O-])CC(=O)[O-].[Mg+2]. The number of aliphatic carboxylic acids is 2. The Morgan fingerprint density at radius 2 is 1.36 bits per heavy atom. The van der Waals surface area contributed by atoms with Gasteiger partial charge in [-0.15, -0.1) is 6.61 Å². The van der Waals surface area contributed by atoms with Gasteiger partial charge >= 0.3 is 23.1 Å². The standard InChI is InChI=1S/C3H4O4.C2H5O.Mg/c4-2(5)1-3(6)7;1-2-3;/h1H2,(H,4,5)(H,6,7);2H2,1H3;/q;-1;+2/p-2. The van der Waals surface area contributed by atoms with Crippen molar-refractivity contribution in [2.45, 2.75) is 13.3 Å². The fraction of sp³-hybridized carbons (Fsp3) is 0.600. The van der Waals surface area contributed by atoms with Crippen molar-refractivity contribution in [2.75, 3.05) is 6.61 Å². The predicted octanol–water partition coefficient (Wildman–Crippen LogP) is -4.14. The van der Waals surface area contributed by atoms with E-state index in [1.165, 1.54) is 0 Å². The maximum absolute atomic E-state index is 9.28. The molecule has 0 aromatic carbocycles. The van der Waals surface area contributed by atoms with Crippen molar-refractivity contribution in [3.63, 3.8) is 0 Å². The van der Waals surface area contributed by atoms with Crippen LogP contribution in [-0.2, 0) is 9.59 Å². The summed E-state index contributed by atoms with van der Waals surface area (Å²) in [5, 5.41) is 27.5. The molecular weight excluding hydrogens is 164 g/mol. The Morgan fingerprint density at radius 1 is 1.18 bits per heavy atom. The van der Waals surface area contributed by atoms with Crippen molar-refractivity contribution in [3.8, 4) is 0 Å². The molecule has 0 radical (unpaired) electrons. The van der Waals surface area contributed by atoms with E-state index in [1.54, 1.807) is 6.92 Å². The van der Waals surface area contributed by atoms with Gasteiger partial charge in [0.2, 0.25) is 0 Å². The smallest absolute Gasteiger partial charge is 0.855 e. The molecule has 0 N–H and O–H groups in total. The Kier molecular flexibility index (Phi) is 19.0. The number of carbonyl (C=O) groups excluding carboxylic acids is 2. The number of carboxylic acid groups (broad SMARTS) is 2. The van der Waals surface area contributed by atoms with Crippen LogP contribution in [0, 0.1) is 0 Å². The van der Waals surface area contributed by atoms with Gasteiger partial charge in [-0.25, -0.2) is 0 Å². The third-order valence-electron chi connectivity index (χ3n) is 0.289. The van der Waals surface area contributed by atoms with Crippen LogP contribution < -0.4 is 15.3 Å². The van der Waals surface area contributed by atoms with Crippen molar-refractivity contribution < 1.29 is 24.9 Å². The van der Waals surface area contributed by atoms with E-state index >= 15 is 0 Å². The maximum Gasteiger partial charge on any atom is 2.00 e. The van der Waals surface area contributed by atoms with Crippen LogP contribution in [-0.4, -0.2) is 41.6 Å². The van der Waals surface area contributed by atoms with Crippen molar-refractivity contribution in [1.82, 2.24) is 0 Å². The van der Waals surface area contributed by atoms with E-state index in [1.807, 2.05) is 0 Å². The molecule has 60 valence electrons. The van der Waals surface area contributed by atoms with Crippen molar-refractivity contribution >= 4 is 35.0 Å². The van der Waals surface area contributed by atoms with Crippen LogP contribution in [0.4, 0.5) is 0 Å². The molecule has 0 saturated heterocycles. The first kappa shape index (κ1) is 17.0. The van der Waals surface area contributed by atoms with E-state index in [0.29, 0.717) is 0 Å². The Bertz CT molecular complexity index is 101. The molecule has 5 nitrogen and oxygen atoms in total. The van der Waals surface area contributed by atoms with Crippen LogP contribution in [0.5, 0.6) is 0 Å². The number of rotatable bonds is 2. The summed E-state index contributed by atoms with van der Waals surface area (Å²) in [6, 6.07) is 0. The molecule has 0 aromatic rings. The van der Waals surface area contributed by atoms with Gasteiger partial charge in [0, 0.05) is 18.4 Å². The summed E-state index contributed by atoms with van der Waals surface area (Å²) in [5.74, 6) is -3.25. The van der Waals surface area contributed by atoms with Crippen LogP contribution in [0.2, 0.25) is 0 Å². The molecule has 0 aliphatic heterocycles. The van der Waals surface area contributed by atoms with E-state index in [9.17, 15) is 19.8 Å². The van der Waals surface area contributed by atoms with Crippen molar-refractivity contribution in [1.29, 1.82) is 0 Å². The quantitative estimate of drug-likeness (QED) is 0.310. The third kappa shape index (κ3) is 42.3. The fourth-order valence-electron chi connectivity index (χ4n) is 0.118. The molecule has 0 aromatic heterocycles. The average molecular weight is 171 g/mol. The Balaban J connectivity index is -0.000000140. The minimum atomic E-state index is -1.63. The maximum atomic E-state index is 9.28. The molecule has 0 aliphatic rings. The largest absolute Gasteiger partial charge is 2.00 e. The van der Waals surface area contributed by atoms with Crippen molar-refractivity contribution in [3.05, 3.63) is 0 Å². The monoisotopic (exact) mass is 171 g/mol. The molecule has 0 unspecified atom stereocenters. The number of hydrogen-bond acceptors (Lipinski definition) is 5. The summed E-state index contributed by atoms with van der Waals surface area (Å²) in [6.07, 6.45) is -1.03. The fourth-order valence-corrected chi connectivity index (χ4v) is 0.118. The predicted molar refractivity (Wildman–Crippen MR) is 30.9 cm³/mol. The summed E-state index contributed by atoms with van der Waals surface area (Å²) in [7, 11) is 0. The van der Waals surface area contributed by atoms with Gasteiger partial charge in [0.05, 0.1) is 0 Å². The number of carbonyl (C=O) groups is 2. The molecule has 0 amide bonds.